The number of halogens is 2. The molecule has 0 aliphatic carbocycles. The van der Waals surface area contributed by atoms with Gasteiger partial charge in [0, 0.05) is 15.7 Å². The van der Waals surface area contributed by atoms with Crippen molar-refractivity contribution in [2.24, 2.45) is 0 Å². The fraction of sp³-hybridized carbons (Fsp3) is 0. The minimum Gasteiger partial charge on any atom is -0.423 e. The second kappa shape index (κ2) is 9.75. The lowest BCUT2D eigenvalue weighted by Crippen LogP contribution is -2.13. The fourth-order valence-electron chi connectivity index (χ4n) is 2.50. The average Bonchev–Trinajstić information content (AvgIpc) is 2.72. The van der Waals surface area contributed by atoms with E-state index in [0.29, 0.717) is 26.9 Å². The predicted molar refractivity (Wildman–Crippen MR) is 117 cm³/mol. The van der Waals surface area contributed by atoms with Crippen LogP contribution in [0.25, 0.3) is 6.08 Å². The molecule has 0 saturated carbocycles. The van der Waals surface area contributed by atoms with Crippen LogP contribution >= 0.6 is 23.2 Å². The molecule has 0 fully saturated rings. The fourth-order valence-corrected chi connectivity index (χ4v) is 2.82. The van der Waals surface area contributed by atoms with Crippen molar-refractivity contribution < 1.29 is 14.3 Å². The number of benzene rings is 3. The molecule has 3 aromatic carbocycles. The van der Waals surface area contributed by atoms with Gasteiger partial charge < -0.3 is 10.1 Å². The number of nitriles is 1. The standard InChI is InChI=1S/C23H14Cl2N2O3/c24-18-9-7-16(8-10-18)23(29)30-21-6-1-3-15(12-21)11-17(14-26)22(28)27-20-5-2-4-19(25)13-20/h1-13H,(H,27,28)/b17-11+. The summed E-state index contributed by atoms with van der Waals surface area (Å²) in [5, 5.41) is 13.0. The first-order valence-electron chi connectivity index (χ1n) is 8.71. The van der Waals surface area contributed by atoms with Gasteiger partial charge in [-0.15, -0.1) is 0 Å². The Kier molecular flexibility index (Phi) is 6.87. The monoisotopic (exact) mass is 436 g/mol. The maximum absolute atomic E-state index is 12.4. The molecule has 1 N–H and O–H groups in total. The third-order valence-corrected chi connectivity index (χ3v) is 4.39. The summed E-state index contributed by atoms with van der Waals surface area (Å²) < 4.78 is 5.36. The number of hydrogen-bond donors (Lipinski definition) is 1. The van der Waals surface area contributed by atoms with Crippen LogP contribution in [-0.4, -0.2) is 11.9 Å². The third kappa shape index (κ3) is 5.71. The van der Waals surface area contributed by atoms with Gasteiger partial charge in [-0.2, -0.15) is 5.26 Å². The van der Waals surface area contributed by atoms with E-state index in [1.165, 1.54) is 6.08 Å². The third-order valence-electron chi connectivity index (χ3n) is 3.91. The minimum atomic E-state index is -0.580. The number of hydrogen-bond acceptors (Lipinski definition) is 4. The molecule has 1 amide bonds. The van der Waals surface area contributed by atoms with Gasteiger partial charge >= 0.3 is 5.97 Å². The summed E-state index contributed by atoms with van der Waals surface area (Å²) in [5.41, 5.74) is 1.23. The highest BCUT2D eigenvalue weighted by molar-refractivity contribution is 6.31. The van der Waals surface area contributed by atoms with E-state index in [9.17, 15) is 14.9 Å². The Bertz CT molecular complexity index is 1170. The first kappa shape index (κ1) is 21.1. The SMILES string of the molecule is N#C/C(=C\c1cccc(OC(=O)c2ccc(Cl)cc2)c1)C(=O)Nc1cccc(Cl)c1. The number of ether oxygens (including phenoxy) is 1. The Morgan fingerprint density at radius 1 is 0.933 bits per heavy atom. The van der Waals surface area contributed by atoms with Gasteiger partial charge in [0.25, 0.3) is 5.91 Å². The van der Waals surface area contributed by atoms with Gasteiger partial charge in [-0.05, 0) is 66.2 Å². The van der Waals surface area contributed by atoms with E-state index in [1.807, 2.05) is 6.07 Å². The Morgan fingerprint density at radius 3 is 2.37 bits per heavy atom. The Hall–Kier alpha value is -3.59. The van der Waals surface area contributed by atoms with Gasteiger partial charge in [0.2, 0.25) is 0 Å². The molecule has 5 nitrogen and oxygen atoms in total. The van der Waals surface area contributed by atoms with Crippen LogP contribution in [0.5, 0.6) is 5.75 Å². The van der Waals surface area contributed by atoms with Gasteiger partial charge in [0.1, 0.15) is 17.4 Å². The van der Waals surface area contributed by atoms with Gasteiger partial charge in [-0.1, -0.05) is 41.4 Å². The van der Waals surface area contributed by atoms with E-state index in [1.54, 1.807) is 72.8 Å². The molecule has 0 saturated heterocycles. The van der Waals surface area contributed by atoms with Crippen LogP contribution in [0.3, 0.4) is 0 Å². The van der Waals surface area contributed by atoms with Crippen LogP contribution in [0.1, 0.15) is 15.9 Å². The van der Waals surface area contributed by atoms with Crippen LogP contribution in [0.15, 0.2) is 78.4 Å². The number of anilines is 1. The lowest BCUT2D eigenvalue weighted by molar-refractivity contribution is -0.112. The van der Waals surface area contributed by atoms with Crippen LogP contribution in [0.4, 0.5) is 5.69 Å². The van der Waals surface area contributed by atoms with E-state index < -0.39 is 11.9 Å². The molecule has 0 heterocycles. The van der Waals surface area contributed by atoms with Crippen molar-refractivity contribution in [2.45, 2.75) is 0 Å². The van der Waals surface area contributed by atoms with E-state index in [0.717, 1.165) is 0 Å². The van der Waals surface area contributed by atoms with Crippen molar-refractivity contribution >= 4 is 46.8 Å². The molecule has 0 unspecified atom stereocenters. The molecule has 0 spiro atoms. The van der Waals surface area contributed by atoms with E-state index in [-0.39, 0.29) is 11.3 Å². The van der Waals surface area contributed by atoms with E-state index >= 15 is 0 Å². The Balaban J connectivity index is 1.75. The molecule has 7 heteroatoms. The highest BCUT2D eigenvalue weighted by atomic mass is 35.5. The molecule has 0 aliphatic rings. The average molecular weight is 437 g/mol. The Labute approximate surface area is 183 Å². The molecule has 0 aliphatic heterocycles. The van der Waals surface area contributed by atoms with Gasteiger partial charge in [0.15, 0.2) is 0 Å². The number of rotatable bonds is 5. The molecule has 3 aromatic rings. The van der Waals surface area contributed by atoms with Crippen LogP contribution in [0.2, 0.25) is 10.0 Å². The molecule has 0 atom stereocenters. The van der Waals surface area contributed by atoms with Gasteiger partial charge in [0.05, 0.1) is 5.56 Å². The quantitative estimate of drug-likeness (QED) is 0.238. The number of carbonyl (C=O) groups excluding carboxylic acids is 2. The van der Waals surface area contributed by atoms with E-state index in [2.05, 4.69) is 5.32 Å². The zero-order valence-corrected chi connectivity index (χ0v) is 16.9. The maximum atomic E-state index is 12.4. The number of nitrogens with zero attached hydrogens (tertiary/aromatic N) is 1. The maximum Gasteiger partial charge on any atom is 0.343 e. The van der Waals surface area contributed by atoms with Crippen molar-refractivity contribution in [3.63, 3.8) is 0 Å². The highest BCUT2D eigenvalue weighted by Gasteiger charge is 2.11. The van der Waals surface area contributed by atoms with Crippen LogP contribution in [0, 0.1) is 11.3 Å². The van der Waals surface area contributed by atoms with E-state index in [4.69, 9.17) is 27.9 Å². The predicted octanol–water partition coefficient (Wildman–Crippen LogP) is 5.76. The number of nitrogens with one attached hydrogen (secondary N) is 1. The summed E-state index contributed by atoms with van der Waals surface area (Å²) in [6, 6.07) is 21.3. The molecule has 148 valence electrons. The topological polar surface area (TPSA) is 79.2 Å². The second-order valence-corrected chi connectivity index (χ2v) is 6.98. The largest absolute Gasteiger partial charge is 0.423 e. The zero-order valence-electron chi connectivity index (χ0n) is 15.4. The molecule has 30 heavy (non-hydrogen) atoms. The van der Waals surface area contributed by atoms with Gasteiger partial charge in [-0.25, -0.2) is 4.79 Å². The van der Waals surface area contributed by atoms with Crippen LogP contribution < -0.4 is 10.1 Å². The summed E-state index contributed by atoms with van der Waals surface area (Å²) >= 11 is 11.7. The summed E-state index contributed by atoms with van der Waals surface area (Å²) in [5.74, 6) is -0.855. The minimum absolute atomic E-state index is 0.115. The normalized spacial score (nSPS) is 10.8. The smallest absolute Gasteiger partial charge is 0.343 e. The summed E-state index contributed by atoms with van der Waals surface area (Å²) in [6.07, 6.45) is 1.40. The van der Waals surface area contributed by atoms with Crippen molar-refractivity contribution in [1.82, 2.24) is 0 Å². The van der Waals surface area contributed by atoms with Crippen molar-refractivity contribution in [2.75, 3.05) is 5.32 Å². The number of amides is 1. The lowest BCUT2D eigenvalue weighted by atomic mass is 10.1. The molecule has 0 radical (unpaired) electrons. The Morgan fingerprint density at radius 2 is 1.67 bits per heavy atom. The zero-order chi connectivity index (χ0) is 21.5. The summed E-state index contributed by atoms with van der Waals surface area (Å²) in [7, 11) is 0. The van der Waals surface area contributed by atoms with Crippen molar-refractivity contribution in [1.29, 1.82) is 5.26 Å². The first-order chi connectivity index (χ1) is 14.4. The first-order valence-corrected chi connectivity index (χ1v) is 9.47. The molecular weight excluding hydrogens is 423 g/mol. The number of carbonyl (C=O) groups is 2. The molecule has 3 rings (SSSR count). The summed E-state index contributed by atoms with van der Waals surface area (Å²) in [6.45, 7) is 0. The second-order valence-electron chi connectivity index (χ2n) is 6.10. The lowest BCUT2D eigenvalue weighted by Gasteiger charge is -2.06. The summed E-state index contributed by atoms with van der Waals surface area (Å²) in [4.78, 5) is 24.6. The number of esters is 1. The molecular formula is C23H14Cl2N2O3. The molecule has 0 aromatic heterocycles. The highest BCUT2D eigenvalue weighted by Crippen LogP contribution is 2.20. The van der Waals surface area contributed by atoms with Crippen molar-refractivity contribution in [3.05, 3.63) is 99.5 Å². The molecule has 0 bridgehead atoms. The van der Waals surface area contributed by atoms with Crippen LogP contribution in [-0.2, 0) is 4.79 Å². The van der Waals surface area contributed by atoms with Gasteiger partial charge in [-0.3, -0.25) is 4.79 Å². The van der Waals surface area contributed by atoms with Crippen molar-refractivity contribution in [3.8, 4) is 11.8 Å².